The lowest BCUT2D eigenvalue weighted by Crippen LogP contribution is -2.08. The molecule has 0 N–H and O–H groups in total. The van der Waals surface area contributed by atoms with E-state index in [0.717, 1.165) is 5.57 Å². The smallest absolute Gasteiger partial charge is 0.305 e. The zero-order valence-electron chi connectivity index (χ0n) is 9.13. The van der Waals surface area contributed by atoms with E-state index in [1.807, 2.05) is 19.9 Å². The van der Waals surface area contributed by atoms with E-state index in [2.05, 4.69) is 0 Å². The minimum Gasteiger partial charge on any atom is -0.465 e. The van der Waals surface area contributed by atoms with E-state index in [1.165, 1.54) is 0 Å². The summed E-state index contributed by atoms with van der Waals surface area (Å²) < 4.78 is 4.80. The minimum atomic E-state index is -0.249. The Hall–Kier alpha value is -1.12. The molecule has 0 bridgehead atoms. The van der Waals surface area contributed by atoms with Gasteiger partial charge in [-0.15, -0.1) is 0 Å². The summed E-state index contributed by atoms with van der Waals surface area (Å²) in [6.45, 7) is 5.76. The molecule has 0 unspecified atom stereocenters. The molecule has 0 saturated carbocycles. The number of rotatable bonds is 6. The Morgan fingerprint density at radius 1 is 1.36 bits per heavy atom. The van der Waals surface area contributed by atoms with Crippen LogP contribution >= 0.6 is 0 Å². The Morgan fingerprint density at radius 2 is 2.00 bits per heavy atom. The topological polar surface area (TPSA) is 43.4 Å². The molecule has 0 heterocycles. The van der Waals surface area contributed by atoms with Gasteiger partial charge in [0.2, 0.25) is 0 Å². The lowest BCUT2D eigenvalue weighted by molar-refractivity contribution is -0.143. The molecular formula is C11H18O3. The van der Waals surface area contributed by atoms with Gasteiger partial charge in [-0.3, -0.25) is 9.59 Å². The van der Waals surface area contributed by atoms with Crippen LogP contribution in [0.2, 0.25) is 0 Å². The highest BCUT2D eigenvalue weighted by atomic mass is 16.5. The van der Waals surface area contributed by atoms with Gasteiger partial charge >= 0.3 is 5.97 Å². The molecule has 0 spiro atoms. The number of ether oxygens (including phenoxy) is 1. The average molecular weight is 198 g/mol. The van der Waals surface area contributed by atoms with Gasteiger partial charge in [0.1, 0.15) is 5.78 Å². The van der Waals surface area contributed by atoms with E-state index in [4.69, 9.17) is 4.74 Å². The molecule has 80 valence electrons. The van der Waals surface area contributed by atoms with Crippen LogP contribution in [-0.4, -0.2) is 18.4 Å². The number of Topliss-reactive ketones (excluding diaryl/α,β-unsaturated/α-hetero) is 1. The van der Waals surface area contributed by atoms with Gasteiger partial charge in [-0.2, -0.15) is 0 Å². The monoisotopic (exact) mass is 198 g/mol. The van der Waals surface area contributed by atoms with Crippen LogP contribution in [-0.2, 0) is 14.3 Å². The molecule has 0 aromatic carbocycles. The molecule has 0 aromatic rings. The Balaban J connectivity index is 3.60. The normalized spacial score (nSPS) is 11.2. The van der Waals surface area contributed by atoms with Gasteiger partial charge in [0.15, 0.2) is 0 Å². The minimum absolute atomic E-state index is 0.115. The van der Waals surface area contributed by atoms with Crippen molar-refractivity contribution in [2.75, 3.05) is 6.61 Å². The van der Waals surface area contributed by atoms with Gasteiger partial charge in [0, 0.05) is 19.3 Å². The summed E-state index contributed by atoms with van der Waals surface area (Å²) in [7, 11) is 0. The van der Waals surface area contributed by atoms with Crippen LogP contribution in [0.3, 0.4) is 0 Å². The highest BCUT2D eigenvalue weighted by Crippen LogP contribution is 2.02. The molecule has 0 amide bonds. The maximum atomic E-state index is 11.3. The molecule has 3 heteroatoms. The number of ketones is 1. The van der Waals surface area contributed by atoms with Crippen LogP contribution in [0, 0.1) is 0 Å². The van der Waals surface area contributed by atoms with Crippen molar-refractivity contribution in [3.63, 3.8) is 0 Å². The third-order valence-corrected chi connectivity index (χ3v) is 1.90. The molecule has 0 atom stereocenters. The van der Waals surface area contributed by atoms with Crippen LogP contribution < -0.4 is 0 Å². The molecule has 3 nitrogen and oxygen atoms in total. The van der Waals surface area contributed by atoms with Crippen LogP contribution in [0.1, 0.15) is 40.0 Å². The molecule has 0 aromatic heterocycles. The lowest BCUT2D eigenvalue weighted by Gasteiger charge is -2.02. The number of hydrogen-bond donors (Lipinski definition) is 0. The van der Waals surface area contributed by atoms with Crippen molar-refractivity contribution < 1.29 is 14.3 Å². The highest BCUT2D eigenvalue weighted by molar-refractivity contribution is 5.81. The second kappa shape index (κ2) is 7.30. The fraction of sp³-hybridized carbons (Fsp3) is 0.636. The number of allylic oxidation sites excluding steroid dienone is 2. The predicted octanol–water partition coefficient (Wildman–Crippen LogP) is 2.26. The average Bonchev–Trinajstić information content (AvgIpc) is 2.17. The molecule has 14 heavy (non-hydrogen) atoms. The third kappa shape index (κ3) is 6.40. The van der Waals surface area contributed by atoms with E-state index in [0.29, 0.717) is 19.3 Å². The van der Waals surface area contributed by atoms with Gasteiger partial charge in [-0.1, -0.05) is 18.6 Å². The zero-order chi connectivity index (χ0) is 11.0. The van der Waals surface area contributed by atoms with Crippen molar-refractivity contribution in [1.29, 1.82) is 0 Å². The fourth-order valence-electron chi connectivity index (χ4n) is 0.882. The summed E-state index contributed by atoms with van der Waals surface area (Å²) in [6.07, 6.45) is 3.05. The summed E-state index contributed by atoms with van der Waals surface area (Å²) in [5.41, 5.74) is 1.05. The molecule has 0 fully saturated rings. The van der Waals surface area contributed by atoms with E-state index in [-0.39, 0.29) is 18.4 Å². The van der Waals surface area contributed by atoms with E-state index in [1.54, 1.807) is 6.92 Å². The summed E-state index contributed by atoms with van der Waals surface area (Å²) in [4.78, 5) is 22.0. The lowest BCUT2D eigenvalue weighted by atomic mass is 10.1. The van der Waals surface area contributed by atoms with Gasteiger partial charge in [0.25, 0.3) is 0 Å². The van der Waals surface area contributed by atoms with Crippen LogP contribution in [0.4, 0.5) is 0 Å². The fourth-order valence-corrected chi connectivity index (χ4v) is 0.882. The molecule has 0 aliphatic rings. The standard InChI is InChI=1S/C11H18O3/c1-4-9(3)8-10(12)6-7-14-11(13)5-2/h4H,5-8H2,1-3H3/b9-4+. The first-order valence-corrected chi connectivity index (χ1v) is 4.89. The second-order valence-electron chi connectivity index (χ2n) is 3.17. The molecule has 0 aliphatic heterocycles. The van der Waals surface area contributed by atoms with E-state index in [9.17, 15) is 9.59 Å². The molecular weight excluding hydrogens is 180 g/mol. The SMILES string of the molecule is C/C=C(\C)CC(=O)CCOC(=O)CC. The Labute approximate surface area is 85.1 Å². The summed E-state index contributed by atoms with van der Waals surface area (Å²) in [6, 6.07) is 0. The van der Waals surface area contributed by atoms with Gasteiger partial charge < -0.3 is 4.74 Å². The first-order chi connectivity index (χ1) is 6.60. The Bertz CT molecular complexity index is 229. The number of carbonyl (C=O) groups excluding carboxylic acids is 2. The molecule has 0 rings (SSSR count). The Kier molecular flexibility index (Phi) is 6.72. The Morgan fingerprint density at radius 3 is 2.50 bits per heavy atom. The molecule has 0 aliphatic carbocycles. The first-order valence-electron chi connectivity index (χ1n) is 4.89. The van der Waals surface area contributed by atoms with Crippen molar-refractivity contribution in [1.82, 2.24) is 0 Å². The van der Waals surface area contributed by atoms with Crippen molar-refractivity contribution in [3.8, 4) is 0 Å². The van der Waals surface area contributed by atoms with Crippen molar-refractivity contribution in [2.45, 2.75) is 40.0 Å². The summed E-state index contributed by atoms with van der Waals surface area (Å²) in [5, 5.41) is 0. The number of esters is 1. The quantitative estimate of drug-likeness (QED) is 0.485. The zero-order valence-corrected chi connectivity index (χ0v) is 9.13. The number of carbonyl (C=O) groups is 2. The maximum Gasteiger partial charge on any atom is 0.305 e. The van der Waals surface area contributed by atoms with Crippen LogP contribution in [0.15, 0.2) is 11.6 Å². The largest absolute Gasteiger partial charge is 0.465 e. The van der Waals surface area contributed by atoms with Crippen molar-refractivity contribution in [2.24, 2.45) is 0 Å². The molecule has 0 saturated heterocycles. The second-order valence-corrected chi connectivity index (χ2v) is 3.17. The summed E-state index contributed by atoms with van der Waals surface area (Å²) in [5.74, 6) is -0.134. The maximum absolute atomic E-state index is 11.3. The first kappa shape index (κ1) is 12.9. The van der Waals surface area contributed by atoms with Crippen LogP contribution in [0.5, 0.6) is 0 Å². The third-order valence-electron chi connectivity index (χ3n) is 1.90. The van der Waals surface area contributed by atoms with Crippen molar-refractivity contribution >= 4 is 11.8 Å². The molecule has 0 radical (unpaired) electrons. The highest BCUT2D eigenvalue weighted by Gasteiger charge is 2.04. The van der Waals surface area contributed by atoms with E-state index < -0.39 is 0 Å². The van der Waals surface area contributed by atoms with Crippen molar-refractivity contribution in [3.05, 3.63) is 11.6 Å². The van der Waals surface area contributed by atoms with E-state index >= 15 is 0 Å². The van der Waals surface area contributed by atoms with Gasteiger partial charge in [0.05, 0.1) is 6.61 Å². The predicted molar refractivity (Wildman–Crippen MR) is 54.9 cm³/mol. The van der Waals surface area contributed by atoms with Crippen LogP contribution in [0.25, 0.3) is 0 Å². The number of hydrogen-bond acceptors (Lipinski definition) is 3. The summed E-state index contributed by atoms with van der Waals surface area (Å²) >= 11 is 0. The van der Waals surface area contributed by atoms with Gasteiger partial charge in [-0.05, 0) is 13.8 Å². The van der Waals surface area contributed by atoms with Gasteiger partial charge in [-0.25, -0.2) is 0 Å².